The molecule has 0 saturated heterocycles. The van der Waals surface area contributed by atoms with Crippen molar-refractivity contribution < 1.29 is 14.7 Å². The number of likely N-dealkylation sites (N-methyl/N-ethyl adjacent to an activating group) is 1. The van der Waals surface area contributed by atoms with Crippen molar-refractivity contribution in [2.45, 2.75) is 26.7 Å². The Balaban J connectivity index is 2.69. The first-order chi connectivity index (χ1) is 9.45. The second-order valence-corrected chi connectivity index (χ2v) is 4.83. The predicted molar refractivity (Wildman–Crippen MR) is 78.8 cm³/mol. The zero-order valence-electron chi connectivity index (χ0n) is 12.1. The number of carboxylic acid groups (broad SMARTS) is 1. The van der Waals surface area contributed by atoms with Crippen LogP contribution in [0, 0.1) is 0 Å². The molecule has 0 aliphatic rings. The summed E-state index contributed by atoms with van der Waals surface area (Å²) in [5, 5.41) is 9.10. The highest BCUT2D eigenvalue weighted by molar-refractivity contribution is 5.89. The SMILES string of the molecule is C=C(C)CN(CC)C(=O)CCc1ccccc1C(=O)O. The molecule has 4 heteroatoms. The minimum absolute atomic E-state index is 0.0238. The summed E-state index contributed by atoms with van der Waals surface area (Å²) in [6.45, 7) is 8.80. The van der Waals surface area contributed by atoms with Gasteiger partial charge in [-0.2, -0.15) is 0 Å². The number of rotatable bonds is 7. The summed E-state index contributed by atoms with van der Waals surface area (Å²) in [6, 6.07) is 6.80. The normalized spacial score (nSPS) is 10.1. The van der Waals surface area contributed by atoms with Gasteiger partial charge >= 0.3 is 5.97 Å². The van der Waals surface area contributed by atoms with Crippen LogP contribution in [-0.2, 0) is 11.2 Å². The number of carbonyl (C=O) groups is 2. The van der Waals surface area contributed by atoms with Gasteiger partial charge in [0.15, 0.2) is 0 Å². The van der Waals surface area contributed by atoms with Crippen LogP contribution >= 0.6 is 0 Å². The van der Waals surface area contributed by atoms with Crippen molar-refractivity contribution in [2.24, 2.45) is 0 Å². The van der Waals surface area contributed by atoms with E-state index < -0.39 is 5.97 Å². The molecule has 0 spiro atoms. The molecule has 0 saturated carbocycles. The van der Waals surface area contributed by atoms with E-state index in [1.54, 1.807) is 29.2 Å². The fourth-order valence-electron chi connectivity index (χ4n) is 2.05. The smallest absolute Gasteiger partial charge is 0.335 e. The van der Waals surface area contributed by atoms with E-state index in [1.807, 2.05) is 13.8 Å². The van der Waals surface area contributed by atoms with Gasteiger partial charge in [-0.05, 0) is 31.9 Å². The quantitative estimate of drug-likeness (QED) is 0.778. The summed E-state index contributed by atoms with van der Waals surface area (Å²) >= 11 is 0. The first-order valence-electron chi connectivity index (χ1n) is 6.69. The third kappa shape index (κ3) is 4.53. The average molecular weight is 275 g/mol. The van der Waals surface area contributed by atoms with Gasteiger partial charge in [-0.25, -0.2) is 4.79 Å². The van der Waals surface area contributed by atoms with Gasteiger partial charge in [0.25, 0.3) is 0 Å². The third-order valence-corrected chi connectivity index (χ3v) is 3.05. The van der Waals surface area contributed by atoms with Gasteiger partial charge in [0.1, 0.15) is 0 Å². The van der Waals surface area contributed by atoms with Gasteiger partial charge in [0.05, 0.1) is 5.56 Å². The zero-order valence-corrected chi connectivity index (χ0v) is 12.1. The zero-order chi connectivity index (χ0) is 15.1. The maximum atomic E-state index is 12.1. The first kappa shape index (κ1) is 16.0. The van der Waals surface area contributed by atoms with Crippen LogP contribution in [0.5, 0.6) is 0 Å². The van der Waals surface area contributed by atoms with E-state index in [-0.39, 0.29) is 11.5 Å². The van der Waals surface area contributed by atoms with Crippen LogP contribution in [0.4, 0.5) is 0 Å². The van der Waals surface area contributed by atoms with Gasteiger partial charge in [-0.1, -0.05) is 30.4 Å². The van der Waals surface area contributed by atoms with E-state index in [0.29, 0.717) is 31.5 Å². The lowest BCUT2D eigenvalue weighted by atomic mass is 10.0. The molecule has 1 rings (SSSR count). The topological polar surface area (TPSA) is 57.6 Å². The summed E-state index contributed by atoms with van der Waals surface area (Å²) in [5.74, 6) is -0.932. The molecule has 0 aliphatic heterocycles. The van der Waals surface area contributed by atoms with Gasteiger partial charge in [-0.15, -0.1) is 0 Å². The molecule has 0 heterocycles. The first-order valence-corrected chi connectivity index (χ1v) is 6.69. The summed E-state index contributed by atoms with van der Waals surface area (Å²) in [4.78, 5) is 24.9. The van der Waals surface area contributed by atoms with Crippen molar-refractivity contribution in [3.05, 3.63) is 47.5 Å². The van der Waals surface area contributed by atoms with Crippen LogP contribution in [0.15, 0.2) is 36.4 Å². The Morgan fingerprint density at radius 3 is 2.50 bits per heavy atom. The maximum absolute atomic E-state index is 12.1. The second kappa shape index (κ2) is 7.48. The Bertz CT molecular complexity index is 508. The standard InChI is InChI=1S/C16H21NO3/c1-4-17(11-12(2)3)15(18)10-9-13-7-5-6-8-14(13)16(19)20/h5-8H,2,4,9-11H2,1,3H3,(H,19,20). The fraction of sp³-hybridized carbons (Fsp3) is 0.375. The van der Waals surface area contributed by atoms with E-state index in [1.165, 1.54) is 0 Å². The average Bonchev–Trinajstić information content (AvgIpc) is 2.42. The lowest BCUT2D eigenvalue weighted by Gasteiger charge is -2.21. The van der Waals surface area contributed by atoms with Crippen LogP contribution in [0.3, 0.4) is 0 Å². The summed E-state index contributed by atoms with van der Waals surface area (Å²) in [5.41, 5.74) is 1.90. The third-order valence-electron chi connectivity index (χ3n) is 3.05. The molecule has 1 N–H and O–H groups in total. The molecule has 0 atom stereocenters. The van der Waals surface area contributed by atoms with Crippen LogP contribution in [-0.4, -0.2) is 35.0 Å². The predicted octanol–water partition coefficient (Wildman–Crippen LogP) is 2.74. The fourth-order valence-corrected chi connectivity index (χ4v) is 2.05. The molecule has 0 unspecified atom stereocenters. The van der Waals surface area contributed by atoms with Crippen molar-refractivity contribution in [2.75, 3.05) is 13.1 Å². The Morgan fingerprint density at radius 1 is 1.30 bits per heavy atom. The Kier molecular flexibility index (Phi) is 5.97. The van der Waals surface area contributed by atoms with Crippen molar-refractivity contribution in [1.29, 1.82) is 0 Å². The number of carboxylic acids is 1. The molecule has 4 nitrogen and oxygen atoms in total. The number of amides is 1. The highest BCUT2D eigenvalue weighted by atomic mass is 16.4. The van der Waals surface area contributed by atoms with Crippen molar-refractivity contribution in [3.8, 4) is 0 Å². The number of hydrogen-bond acceptors (Lipinski definition) is 2. The lowest BCUT2D eigenvalue weighted by Crippen LogP contribution is -2.32. The molecule has 0 bridgehead atoms. The molecule has 0 fully saturated rings. The summed E-state index contributed by atoms with van der Waals surface area (Å²) in [6.07, 6.45) is 0.749. The Hall–Kier alpha value is -2.10. The minimum Gasteiger partial charge on any atom is -0.478 e. The van der Waals surface area contributed by atoms with Crippen molar-refractivity contribution in [1.82, 2.24) is 4.90 Å². The molecule has 108 valence electrons. The molecule has 0 radical (unpaired) electrons. The number of hydrogen-bond donors (Lipinski definition) is 1. The molecule has 1 aromatic rings. The van der Waals surface area contributed by atoms with E-state index in [2.05, 4.69) is 6.58 Å². The van der Waals surface area contributed by atoms with E-state index in [9.17, 15) is 9.59 Å². The Labute approximate surface area is 119 Å². The van der Waals surface area contributed by atoms with Gasteiger partial charge in [-0.3, -0.25) is 4.79 Å². The van der Waals surface area contributed by atoms with E-state index in [0.717, 1.165) is 5.57 Å². The molecule has 0 aliphatic carbocycles. The number of carbonyl (C=O) groups excluding carboxylic acids is 1. The van der Waals surface area contributed by atoms with Crippen LogP contribution in [0.25, 0.3) is 0 Å². The lowest BCUT2D eigenvalue weighted by molar-refractivity contribution is -0.130. The summed E-state index contributed by atoms with van der Waals surface area (Å²) < 4.78 is 0. The van der Waals surface area contributed by atoms with Gasteiger partial charge in [0.2, 0.25) is 5.91 Å². The molecule has 20 heavy (non-hydrogen) atoms. The number of aromatic carboxylic acids is 1. The highest BCUT2D eigenvalue weighted by Gasteiger charge is 2.14. The maximum Gasteiger partial charge on any atom is 0.335 e. The number of benzene rings is 1. The summed E-state index contributed by atoms with van der Waals surface area (Å²) in [7, 11) is 0. The molecule has 0 aromatic heterocycles. The monoisotopic (exact) mass is 275 g/mol. The number of nitrogens with zero attached hydrogens (tertiary/aromatic N) is 1. The van der Waals surface area contributed by atoms with Gasteiger partial charge in [0, 0.05) is 19.5 Å². The highest BCUT2D eigenvalue weighted by Crippen LogP contribution is 2.12. The largest absolute Gasteiger partial charge is 0.478 e. The minimum atomic E-state index is -0.956. The second-order valence-electron chi connectivity index (χ2n) is 4.83. The van der Waals surface area contributed by atoms with Crippen LogP contribution in [0.1, 0.15) is 36.2 Å². The Morgan fingerprint density at radius 2 is 1.95 bits per heavy atom. The van der Waals surface area contributed by atoms with Crippen molar-refractivity contribution >= 4 is 11.9 Å². The van der Waals surface area contributed by atoms with E-state index in [4.69, 9.17) is 5.11 Å². The number of aryl methyl sites for hydroxylation is 1. The molecular weight excluding hydrogens is 254 g/mol. The molecular formula is C16H21NO3. The molecule has 1 amide bonds. The van der Waals surface area contributed by atoms with E-state index >= 15 is 0 Å². The van der Waals surface area contributed by atoms with Crippen LogP contribution in [0.2, 0.25) is 0 Å². The molecule has 1 aromatic carbocycles. The van der Waals surface area contributed by atoms with Crippen LogP contribution < -0.4 is 0 Å². The van der Waals surface area contributed by atoms with Crippen molar-refractivity contribution in [3.63, 3.8) is 0 Å². The van der Waals surface area contributed by atoms with Gasteiger partial charge < -0.3 is 10.0 Å².